The number of aromatic nitrogens is 2. The minimum Gasteiger partial charge on any atom is -0.361 e. The quantitative estimate of drug-likeness (QED) is 0.730. The smallest absolute Gasteiger partial charge is 0.184 e. The number of halogens is 1. The number of hydrogen-bond donors (Lipinski definition) is 3. The lowest BCUT2D eigenvalue weighted by atomic mass is 9.93. The fourth-order valence-electron chi connectivity index (χ4n) is 4.34. The zero-order valence-corrected chi connectivity index (χ0v) is 15.4. The molecule has 2 aromatic rings. The van der Waals surface area contributed by atoms with Gasteiger partial charge >= 0.3 is 0 Å². The Kier molecular flexibility index (Phi) is 4.71. The molecule has 5 nitrogen and oxygen atoms in total. The average Bonchev–Trinajstić information content (AvgIpc) is 3.26. The van der Waals surface area contributed by atoms with E-state index >= 15 is 0 Å². The van der Waals surface area contributed by atoms with Gasteiger partial charge in [-0.3, -0.25) is 10.00 Å². The van der Waals surface area contributed by atoms with Crippen LogP contribution in [-0.2, 0) is 13.0 Å². The highest BCUT2D eigenvalue weighted by Crippen LogP contribution is 2.37. The second kappa shape index (κ2) is 7.00. The van der Waals surface area contributed by atoms with Crippen LogP contribution in [0.25, 0.3) is 0 Å². The van der Waals surface area contributed by atoms with E-state index in [-0.39, 0.29) is 11.9 Å². The molecule has 4 rings (SSSR count). The number of aryl methyl sites for hydroxylation is 1. The Morgan fingerprint density at radius 3 is 2.85 bits per heavy atom. The van der Waals surface area contributed by atoms with Crippen molar-refractivity contribution in [3.8, 4) is 0 Å². The molecular formula is C20H27FN4O. The molecule has 0 bridgehead atoms. The maximum Gasteiger partial charge on any atom is 0.184 e. The van der Waals surface area contributed by atoms with Crippen LogP contribution in [-0.4, -0.2) is 32.6 Å². The summed E-state index contributed by atoms with van der Waals surface area (Å²) in [6, 6.07) is 4.99. The lowest BCUT2D eigenvalue weighted by Crippen LogP contribution is -2.48. The van der Waals surface area contributed by atoms with Crippen molar-refractivity contribution in [2.45, 2.75) is 70.8 Å². The first-order valence-corrected chi connectivity index (χ1v) is 9.55. The number of fused-ring (bicyclic) bond motifs is 1. The number of benzene rings is 1. The van der Waals surface area contributed by atoms with E-state index in [1.165, 1.54) is 48.7 Å². The second-order valence-electron chi connectivity index (χ2n) is 7.75. The van der Waals surface area contributed by atoms with Gasteiger partial charge in [0.25, 0.3) is 0 Å². The van der Waals surface area contributed by atoms with Gasteiger partial charge in [-0.2, -0.15) is 5.10 Å². The number of nitrogens with one attached hydrogen (secondary N) is 2. The van der Waals surface area contributed by atoms with Crippen molar-refractivity contribution in [2.75, 3.05) is 5.32 Å². The summed E-state index contributed by atoms with van der Waals surface area (Å²) in [5.41, 5.74) is 4.94. The van der Waals surface area contributed by atoms with Gasteiger partial charge in [0.1, 0.15) is 5.82 Å². The molecule has 6 heteroatoms. The molecule has 1 aliphatic heterocycles. The molecule has 0 amide bonds. The van der Waals surface area contributed by atoms with Gasteiger partial charge in [-0.15, -0.1) is 0 Å². The Hall–Kier alpha value is -1.92. The van der Waals surface area contributed by atoms with E-state index in [1.54, 1.807) is 19.1 Å². The van der Waals surface area contributed by atoms with Crippen molar-refractivity contribution in [1.29, 1.82) is 0 Å². The number of rotatable bonds is 4. The van der Waals surface area contributed by atoms with E-state index in [9.17, 15) is 9.50 Å². The van der Waals surface area contributed by atoms with Gasteiger partial charge in [0.15, 0.2) is 6.35 Å². The van der Waals surface area contributed by atoms with Gasteiger partial charge < -0.3 is 10.4 Å². The van der Waals surface area contributed by atoms with Gasteiger partial charge in [-0.1, -0.05) is 12.8 Å². The number of aliphatic hydroxyl groups is 1. The lowest BCUT2D eigenvalue weighted by Gasteiger charge is -2.37. The fraction of sp³-hybridized carbons (Fsp3) is 0.550. The largest absolute Gasteiger partial charge is 0.361 e. The third-order valence-electron chi connectivity index (χ3n) is 5.90. The van der Waals surface area contributed by atoms with E-state index in [4.69, 9.17) is 0 Å². The molecule has 0 radical (unpaired) electrons. The first kappa shape index (κ1) is 17.5. The van der Waals surface area contributed by atoms with Crippen molar-refractivity contribution in [3.05, 3.63) is 46.5 Å². The summed E-state index contributed by atoms with van der Waals surface area (Å²) >= 11 is 0. The molecule has 2 atom stereocenters. The number of anilines is 1. The van der Waals surface area contributed by atoms with Crippen molar-refractivity contribution in [2.24, 2.45) is 0 Å². The summed E-state index contributed by atoms with van der Waals surface area (Å²) in [4.78, 5) is 2.05. The van der Waals surface area contributed by atoms with Gasteiger partial charge in [-0.25, -0.2) is 4.39 Å². The molecule has 1 fully saturated rings. The van der Waals surface area contributed by atoms with Gasteiger partial charge in [0, 0.05) is 41.9 Å². The van der Waals surface area contributed by atoms with Crippen LogP contribution in [0.5, 0.6) is 0 Å². The number of H-pyrrole nitrogens is 1. The topological polar surface area (TPSA) is 64.2 Å². The standard InChI is InChI=1S/C20H27FN4O/c1-12-9-15(7-8-17(12)21)22-20(26)25-11-16-18(10-13(25)2)23-24-19(16)14-5-3-4-6-14/h7-9,13-14,20,22,26H,3-6,10-11H2,1-2H3,(H,23,24). The van der Waals surface area contributed by atoms with E-state index in [2.05, 4.69) is 27.3 Å². The molecule has 2 aliphatic rings. The van der Waals surface area contributed by atoms with Crippen LogP contribution in [0.2, 0.25) is 0 Å². The zero-order chi connectivity index (χ0) is 18.3. The van der Waals surface area contributed by atoms with Crippen LogP contribution in [0.1, 0.15) is 61.0 Å². The highest BCUT2D eigenvalue weighted by molar-refractivity contribution is 5.46. The molecule has 140 valence electrons. The van der Waals surface area contributed by atoms with Gasteiger partial charge in [-0.05, 0) is 50.5 Å². The number of hydrogen-bond acceptors (Lipinski definition) is 4. The van der Waals surface area contributed by atoms with E-state index in [0.29, 0.717) is 18.0 Å². The summed E-state index contributed by atoms with van der Waals surface area (Å²) in [7, 11) is 0. The maximum absolute atomic E-state index is 13.5. The molecular weight excluding hydrogens is 331 g/mol. The third kappa shape index (κ3) is 3.23. The normalized spacial score (nSPS) is 22.4. The summed E-state index contributed by atoms with van der Waals surface area (Å²) in [5, 5.41) is 21.7. The Morgan fingerprint density at radius 2 is 2.12 bits per heavy atom. The van der Waals surface area contributed by atoms with Gasteiger partial charge in [0.2, 0.25) is 0 Å². The predicted molar refractivity (Wildman–Crippen MR) is 99.3 cm³/mol. The van der Waals surface area contributed by atoms with Gasteiger partial charge in [0.05, 0.1) is 5.69 Å². The van der Waals surface area contributed by atoms with Crippen molar-refractivity contribution < 1.29 is 9.50 Å². The summed E-state index contributed by atoms with van der Waals surface area (Å²) in [6.07, 6.45) is 5.00. The SMILES string of the molecule is Cc1cc(NC(O)N2Cc3c(C4CCCC4)n[nH]c3CC2C)ccc1F. The second-order valence-corrected chi connectivity index (χ2v) is 7.75. The first-order valence-electron chi connectivity index (χ1n) is 9.55. The fourth-order valence-corrected chi connectivity index (χ4v) is 4.34. The number of nitrogens with zero attached hydrogens (tertiary/aromatic N) is 2. The summed E-state index contributed by atoms with van der Waals surface area (Å²) in [6.45, 7) is 4.51. The van der Waals surface area contributed by atoms with Crippen molar-refractivity contribution >= 4 is 5.69 Å². The zero-order valence-electron chi connectivity index (χ0n) is 15.4. The van der Waals surface area contributed by atoms with Crippen LogP contribution in [0.3, 0.4) is 0 Å². The molecule has 1 saturated carbocycles. The van der Waals surface area contributed by atoms with Crippen LogP contribution in [0.4, 0.5) is 10.1 Å². The van der Waals surface area contributed by atoms with Crippen LogP contribution < -0.4 is 5.32 Å². The highest BCUT2D eigenvalue weighted by Gasteiger charge is 2.33. The molecule has 2 unspecified atom stereocenters. The maximum atomic E-state index is 13.5. The summed E-state index contributed by atoms with van der Waals surface area (Å²) < 4.78 is 13.5. The molecule has 2 heterocycles. The molecule has 1 aliphatic carbocycles. The Labute approximate surface area is 153 Å². The first-order chi connectivity index (χ1) is 12.5. The molecule has 1 aromatic carbocycles. The average molecular weight is 358 g/mol. The van der Waals surface area contributed by atoms with E-state index in [1.807, 2.05) is 0 Å². The minimum absolute atomic E-state index is 0.184. The molecule has 26 heavy (non-hydrogen) atoms. The Morgan fingerprint density at radius 1 is 1.35 bits per heavy atom. The molecule has 3 N–H and O–H groups in total. The Bertz CT molecular complexity index is 784. The monoisotopic (exact) mass is 358 g/mol. The predicted octanol–water partition coefficient (Wildman–Crippen LogP) is 3.65. The highest BCUT2D eigenvalue weighted by atomic mass is 19.1. The number of aromatic amines is 1. The lowest BCUT2D eigenvalue weighted by molar-refractivity contribution is -0.0123. The van der Waals surface area contributed by atoms with E-state index in [0.717, 1.165) is 12.1 Å². The van der Waals surface area contributed by atoms with E-state index < -0.39 is 6.35 Å². The molecule has 0 spiro atoms. The third-order valence-corrected chi connectivity index (χ3v) is 5.90. The molecule has 1 aromatic heterocycles. The van der Waals surface area contributed by atoms with Crippen LogP contribution in [0, 0.1) is 12.7 Å². The number of aliphatic hydroxyl groups excluding tert-OH is 1. The van der Waals surface area contributed by atoms with Crippen LogP contribution >= 0.6 is 0 Å². The minimum atomic E-state index is -0.825. The summed E-state index contributed by atoms with van der Waals surface area (Å²) in [5.74, 6) is 0.315. The van der Waals surface area contributed by atoms with Crippen molar-refractivity contribution in [3.63, 3.8) is 0 Å². The molecule has 0 saturated heterocycles. The van der Waals surface area contributed by atoms with Crippen LogP contribution in [0.15, 0.2) is 18.2 Å². The van der Waals surface area contributed by atoms with Crippen molar-refractivity contribution in [1.82, 2.24) is 15.1 Å². The Balaban J connectivity index is 1.52.